The molecule has 0 saturated heterocycles. The van der Waals surface area contributed by atoms with Gasteiger partial charge in [-0.3, -0.25) is 0 Å². The van der Waals surface area contributed by atoms with Gasteiger partial charge < -0.3 is 0 Å². The van der Waals surface area contributed by atoms with E-state index in [1.165, 1.54) is 10.1 Å². The molecular weight excluding hydrogens is 256 g/mol. The van der Waals surface area contributed by atoms with E-state index >= 15 is 0 Å². The summed E-state index contributed by atoms with van der Waals surface area (Å²) >= 11 is 1.12. The molecule has 2 rings (SSSR count). The second-order valence-electron chi connectivity index (χ2n) is 1.85. The number of hydrogen-bond acceptors (Lipinski definition) is 1. The summed E-state index contributed by atoms with van der Waals surface area (Å²) in [5, 5.41) is 0. The third kappa shape index (κ3) is 1.18. The molecule has 0 atom stereocenters. The van der Waals surface area contributed by atoms with E-state index in [2.05, 4.69) is 25.9 Å². The molecule has 0 unspecified atom stereocenters. The number of hydrogen-bond donors (Lipinski definition) is 0. The summed E-state index contributed by atoms with van der Waals surface area (Å²) in [6.07, 6.45) is 1.91. The van der Waals surface area contributed by atoms with Crippen molar-refractivity contribution in [2.24, 2.45) is 0 Å². The molecule has 1 nitrogen and oxygen atoms in total. The molecule has 3 heteroatoms. The van der Waals surface area contributed by atoms with Crippen LogP contribution in [0.4, 0.5) is 0 Å². The Bertz CT molecular complexity index is 251. The Morgan fingerprint density at radius 1 is 1.30 bits per heavy atom. The number of aromatic nitrogens is 1. The van der Waals surface area contributed by atoms with Crippen molar-refractivity contribution in [1.29, 1.82) is 0 Å². The first-order chi connectivity index (χ1) is 4.97. The first-order valence-corrected chi connectivity index (χ1v) is 6.71. The molecular formula is C7H5NSe2. The van der Waals surface area contributed by atoms with Gasteiger partial charge >= 0.3 is 71.2 Å². The van der Waals surface area contributed by atoms with Crippen molar-refractivity contribution in [3.63, 3.8) is 0 Å². The zero-order valence-electron chi connectivity index (χ0n) is 5.15. The van der Waals surface area contributed by atoms with Crippen LogP contribution in [0.2, 0.25) is 0 Å². The van der Waals surface area contributed by atoms with Crippen LogP contribution < -0.4 is 0 Å². The summed E-state index contributed by atoms with van der Waals surface area (Å²) in [7, 11) is 0. The van der Waals surface area contributed by atoms with E-state index < -0.39 is 0 Å². The summed E-state index contributed by atoms with van der Waals surface area (Å²) in [6.45, 7) is 0. The van der Waals surface area contributed by atoms with E-state index in [0.717, 1.165) is 0 Å². The zero-order valence-corrected chi connectivity index (χ0v) is 8.58. The van der Waals surface area contributed by atoms with Crippen LogP contribution in [0.25, 0.3) is 10.1 Å². The van der Waals surface area contributed by atoms with Crippen molar-refractivity contribution in [3.05, 3.63) is 27.1 Å². The molecule has 2 aromatic rings. The SMILES string of the molecule is c1c[se]c(-c2cc[se]c2)n1. The monoisotopic (exact) mass is 263 g/mol. The predicted molar refractivity (Wildman–Crippen MR) is 43.6 cm³/mol. The maximum atomic E-state index is 4.27. The molecule has 0 spiro atoms. The van der Waals surface area contributed by atoms with Crippen molar-refractivity contribution in [1.82, 2.24) is 4.98 Å². The fourth-order valence-electron chi connectivity index (χ4n) is 0.752. The summed E-state index contributed by atoms with van der Waals surface area (Å²) in [6, 6.07) is 2.19. The van der Waals surface area contributed by atoms with Gasteiger partial charge in [-0.15, -0.1) is 0 Å². The van der Waals surface area contributed by atoms with Gasteiger partial charge in [-0.05, 0) is 0 Å². The first kappa shape index (κ1) is 6.63. The summed E-state index contributed by atoms with van der Waals surface area (Å²) in [4.78, 5) is 11.0. The minimum atomic E-state index is 0.511. The first-order valence-electron chi connectivity index (χ1n) is 2.89. The average Bonchev–Trinajstić information content (AvgIpc) is 2.59. The maximum absolute atomic E-state index is 4.27. The molecule has 0 saturated carbocycles. The topological polar surface area (TPSA) is 12.9 Å². The molecule has 2 aromatic heterocycles. The van der Waals surface area contributed by atoms with Gasteiger partial charge in [0.05, 0.1) is 0 Å². The van der Waals surface area contributed by atoms with Gasteiger partial charge in [0.15, 0.2) is 0 Å². The molecule has 2 heterocycles. The Morgan fingerprint density at radius 3 is 2.90 bits per heavy atom. The van der Waals surface area contributed by atoms with Crippen LogP contribution in [0.1, 0.15) is 0 Å². The predicted octanol–water partition coefficient (Wildman–Crippen LogP) is 0.863. The van der Waals surface area contributed by atoms with Gasteiger partial charge in [-0.2, -0.15) is 0 Å². The molecule has 0 aromatic carbocycles. The molecule has 0 amide bonds. The Balaban J connectivity index is 2.48. The third-order valence-corrected chi connectivity index (χ3v) is 4.36. The van der Waals surface area contributed by atoms with Gasteiger partial charge in [0.2, 0.25) is 0 Å². The summed E-state index contributed by atoms with van der Waals surface area (Å²) in [5.41, 5.74) is 1.37. The van der Waals surface area contributed by atoms with E-state index in [-0.39, 0.29) is 0 Å². The van der Waals surface area contributed by atoms with Gasteiger partial charge in [0, 0.05) is 0 Å². The van der Waals surface area contributed by atoms with E-state index in [0.29, 0.717) is 29.0 Å². The Hall–Kier alpha value is -0.0710. The van der Waals surface area contributed by atoms with Crippen molar-refractivity contribution in [3.8, 4) is 10.1 Å². The standard InChI is InChI=1S/C7H5NSe2/c1-3-9-5-6(1)7-8-2-4-10-7/h1-5H. The third-order valence-electron chi connectivity index (χ3n) is 1.20. The fourth-order valence-corrected chi connectivity index (χ4v) is 3.81. The minimum absolute atomic E-state index is 0.511. The van der Waals surface area contributed by atoms with E-state index in [1.54, 1.807) is 0 Å². The molecule has 0 fully saturated rings. The molecule has 0 radical (unpaired) electrons. The van der Waals surface area contributed by atoms with Crippen LogP contribution in [0.5, 0.6) is 0 Å². The van der Waals surface area contributed by atoms with Crippen LogP contribution in [0.15, 0.2) is 27.1 Å². The molecule has 0 aliphatic heterocycles. The van der Waals surface area contributed by atoms with Crippen LogP contribution in [-0.4, -0.2) is 34.0 Å². The fraction of sp³-hybridized carbons (Fsp3) is 0. The van der Waals surface area contributed by atoms with Gasteiger partial charge in [0.1, 0.15) is 0 Å². The Labute approximate surface area is 71.2 Å². The molecule has 10 heavy (non-hydrogen) atoms. The van der Waals surface area contributed by atoms with Crippen LogP contribution in [-0.2, 0) is 0 Å². The molecule has 0 bridgehead atoms. The van der Waals surface area contributed by atoms with E-state index in [9.17, 15) is 0 Å². The van der Waals surface area contributed by atoms with Crippen LogP contribution in [0, 0.1) is 0 Å². The van der Waals surface area contributed by atoms with Gasteiger partial charge in [-0.25, -0.2) is 0 Å². The van der Waals surface area contributed by atoms with Gasteiger partial charge in [-0.1, -0.05) is 0 Å². The number of rotatable bonds is 1. The molecule has 0 N–H and O–H groups in total. The quantitative estimate of drug-likeness (QED) is 0.694. The van der Waals surface area contributed by atoms with Crippen molar-refractivity contribution in [2.75, 3.05) is 0 Å². The number of nitrogens with zero attached hydrogens (tertiary/aromatic N) is 1. The Morgan fingerprint density at radius 2 is 2.30 bits per heavy atom. The zero-order chi connectivity index (χ0) is 6.81. The van der Waals surface area contributed by atoms with Crippen molar-refractivity contribution >= 4 is 29.0 Å². The second-order valence-corrected chi connectivity index (χ2v) is 5.36. The molecule has 0 aliphatic carbocycles. The average molecular weight is 261 g/mol. The van der Waals surface area contributed by atoms with Crippen LogP contribution >= 0.6 is 0 Å². The second kappa shape index (κ2) is 2.89. The van der Waals surface area contributed by atoms with Crippen LogP contribution in [0.3, 0.4) is 0 Å². The summed E-state index contributed by atoms with van der Waals surface area (Å²) < 4.78 is 1.29. The Kier molecular flexibility index (Phi) is 1.92. The van der Waals surface area contributed by atoms with E-state index in [1.807, 2.05) is 6.20 Å². The van der Waals surface area contributed by atoms with E-state index in [4.69, 9.17) is 0 Å². The van der Waals surface area contributed by atoms with Gasteiger partial charge in [0.25, 0.3) is 0 Å². The summed E-state index contributed by atoms with van der Waals surface area (Å²) in [5.74, 6) is 0. The van der Waals surface area contributed by atoms with Crippen molar-refractivity contribution in [2.45, 2.75) is 0 Å². The van der Waals surface area contributed by atoms with Crippen molar-refractivity contribution < 1.29 is 0 Å². The molecule has 0 aliphatic rings. The molecule has 50 valence electrons. The normalized spacial score (nSPS) is 10.0.